The summed E-state index contributed by atoms with van der Waals surface area (Å²) in [5.41, 5.74) is 0. The van der Waals surface area contributed by atoms with Crippen LogP contribution in [0, 0.1) is 0 Å². The van der Waals surface area contributed by atoms with Crippen molar-refractivity contribution in [2.75, 3.05) is 20.3 Å². The SMILES string of the molecule is C[NH2+]Cc1scc2c1OCCO2. The molecule has 0 aromatic carbocycles. The highest BCUT2D eigenvalue weighted by molar-refractivity contribution is 7.10. The Morgan fingerprint density at radius 3 is 3.17 bits per heavy atom. The lowest BCUT2D eigenvalue weighted by molar-refractivity contribution is -0.642. The monoisotopic (exact) mass is 186 g/mol. The molecule has 4 heteroatoms. The van der Waals surface area contributed by atoms with Crippen LogP contribution >= 0.6 is 11.3 Å². The summed E-state index contributed by atoms with van der Waals surface area (Å²) in [6, 6.07) is 0. The molecule has 3 nitrogen and oxygen atoms in total. The van der Waals surface area contributed by atoms with E-state index >= 15 is 0 Å². The molecular weight excluding hydrogens is 174 g/mol. The summed E-state index contributed by atoms with van der Waals surface area (Å²) in [6.45, 7) is 2.34. The first-order valence-corrected chi connectivity index (χ1v) is 4.93. The van der Waals surface area contributed by atoms with E-state index in [1.165, 1.54) is 4.88 Å². The van der Waals surface area contributed by atoms with Gasteiger partial charge in [0.25, 0.3) is 0 Å². The maximum Gasteiger partial charge on any atom is 0.180 e. The van der Waals surface area contributed by atoms with Crippen molar-refractivity contribution in [2.45, 2.75) is 6.54 Å². The summed E-state index contributed by atoms with van der Waals surface area (Å²) < 4.78 is 10.9. The molecule has 0 atom stereocenters. The Kier molecular flexibility index (Phi) is 2.19. The van der Waals surface area contributed by atoms with E-state index in [9.17, 15) is 0 Å². The first-order valence-electron chi connectivity index (χ1n) is 4.05. The molecule has 1 aromatic rings. The van der Waals surface area contributed by atoms with Crippen molar-refractivity contribution in [3.8, 4) is 11.5 Å². The zero-order valence-corrected chi connectivity index (χ0v) is 7.82. The molecule has 12 heavy (non-hydrogen) atoms. The molecule has 2 heterocycles. The Hall–Kier alpha value is -0.740. The van der Waals surface area contributed by atoms with Crippen LogP contribution in [-0.2, 0) is 6.54 Å². The molecule has 1 aliphatic heterocycles. The van der Waals surface area contributed by atoms with Gasteiger partial charge < -0.3 is 14.8 Å². The second kappa shape index (κ2) is 3.33. The Labute approximate surface area is 75.3 Å². The van der Waals surface area contributed by atoms with Crippen molar-refractivity contribution in [1.82, 2.24) is 0 Å². The highest BCUT2D eigenvalue weighted by Crippen LogP contribution is 2.38. The van der Waals surface area contributed by atoms with Crippen molar-refractivity contribution in [3.05, 3.63) is 10.3 Å². The quantitative estimate of drug-likeness (QED) is 0.716. The summed E-state index contributed by atoms with van der Waals surface area (Å²) in [6.07, 6.45) is 0. The van der Waals surface area contributed by atoms with Crippen LogP contribution in [0.5, 0.6) is 11.5 Å². The predicted molar refractivity (Wildman–Crippen MR) is 46.9 cm³/mol. The van der Waals surface area contributed by atoms with Crippen LogP contribution < -0.4 is 14.8 Å². The Morgan fingerprint density at radius 2 is 2.33 bits per heavy atom. The molecule has 1 aliphatic rings. The fourth-order valence-corrected chi connectivity index (χ4v) is 2.20. The Balaban J connectivity index is 2.25. The third-order valence-corrected chi connectivity index (χ3v) is 2.73. The summed E-state index contributed by atoms with van der Waals surface area (Å²) in [5, 5.41) is 4.15. The van der Waals surface area contributed by atoms with Gasteiger partial charge in [0, 0.05) is 5.38 Å². The second-order valence-electron chi connectivity index (χ2n) is 2.66. The maximum atomic E-state index is 5.51. The van der Waals surface area contributed by atoms with Gasteiger partial charge in [-0.3, -0.25) is 0 Å². The summed E-state index contributed by atoms with van der Waals surface area (Å²) in [5.74, 6) is 1.88. The molecule has 66 valence electrons. The third-order valence-electron chi connectivity index (χ3n) is 1.76. The number of hydrogen-bond donors (Lipinski definition) is 1. The number of fused-ring (bicyclic) bond motifs is 1. The van der Waals surface area contributed by atoms with Crippen molar-refractivity contribution in [3.63, 3.8) is 0 Å². The van der Waals surface area contributed by atoms with E-state index in [0.29, 0.717) is 13.2 Å². The lowest BCUT2D eigenvalue weighted by Gasteiger charge is -2.15. The lowest BCUT2D eigenvalue weighted by atomic mass is 10.4. The van der Waals surface area contributed by atoms with E-state index in [1.54, 1.807) is 11.3 Å². The smallest absolute Gasteiger partial charge is 0.180 e. The molecule has 0 radical (unpaired) electrons. The zero-order valence-electron chi connectivity index (χ0n) is 7.00. The van der Waals surface area contributed by atoms with Gasteiger partial charge in [0.1, 0.15) is 24.6 Å². The van der Waals surface area contributed by atoms with Gasteiger partial charge >= 0.3 is 0 Å². The van der Waals surface area contributed by atoms with Gasteiger partial charge in [-0.1, -0.05) is 0 Å². The number of quaternary nitrogens is 1. The van der Waals surface area contributed by atoms with E-state index in [-0.39, 0.29) is 0 Å². The maximum absolute atomic E-state index is 5.51. The average molecular weight is 186 g/mol. The van der Waals surface area contributed by atoms with Crippen molar-refractivity contribution >= 4 is 11.3 Å². The number of hydrogen-bond acceptors (Lipinski definition) is 3. The van der Waals surface area contributed by atoms with Crippen LogP contribution in [0.25, 0.3) is 0 Å². The zero-order chi connectivity index (χ0) is 8.39. The van der Waals surface area contributed by atoms with E-state index in [1.807, 2.05) is 5.38 Å². The molecule has 1 aromatic heterocycles. The molecule has 0 spiro atoms. The van der Waals surface area contributed by atoms with Crippen LogP contribution in [0.1, 0.15) is 4.88 Å². The molecule has 0 aliphatic carbocycles. The number of rotatable bonds is 2. The summed E-state index contributed by atoms with van der Waals surface area (Å²) in [7, 11) is 2.05. The van der Waals surface area contributed by atoms with Gasteiger partial charge in [-0.2, -0.15) is 0 Å². The average Bonchev–Trinajstić information content (AvgIpc) is 2.50. The third kappa shape index (κ3) is 1.28. The van der Waals surface area contributed by atoms with Gasteiger partial charge in [0.05, 0.1) is 7.05 Å². The van der Waals surface area contributed by atoms with E-state index in [0.717, 1.165) is 18.0 Å². The minimum Gasteiger partial charge on any atom is -0.485 e. The normalized spacial score (nSPS) is 14.8. The Bertz CT molecular complexity index is 272. The van der Waals surface area contributed by atoms with E-state index < -0.39 is 0 Å². The highest BCUT2D eigenvalue weighted by atomic mass is 32.1. The minimum atomic E-state index is 0.680. The Morgan fingerprint density at radius 1 is 1.50 bits per heavy atom. The minimum absolute atomic E-state index is 0.680. The molecule has 0 amide bonds. The van der Waals surface area contributed by atoms with Gasteiger partial charge in [-0.25, -0.2) is 0 Å². The molecule has 0 saturated carbocycles. The number of nitrogens with two attached hydrogens (primary N) is 1. The highest BCUT2D eigenvalue weighted by Gasteiger charge is 2.18. The fraction of sp³-hybridized carbons (Fsp3) is 0.500. The van der Waals surface area contributed by atoms with Crippen LogP contribution in [0.2, 0.25) is 0 Å². The van der Waals surface area contributed by atoms with Crippen molar-refractivity contribution in [1.29, 1.82) is 0 Å². The van der Waals surface area contributed by atoms with Crippen molar-refractivity contribution in [2.24, 2.45) is 0 Å². The predicted octanol–water partition coefficient (Wildman–Crippen LogP) is 0.212. The summed E-state index contributed by atoms with van der Waals surface area (Å²) in [4.78, 5) is 1.27. The standard InChI is InChI=1S/C8H11NO2S/c1-9-4-7-8-6(5-12-7)10-2-3-11-8/h5,9H,2-4H2,1H3/p+1. The van der Waals surface area contributed by atoms with Crippen LogP contribution in [0.15, 0.2) is 5.38 Å². The lowest BCUT2D eigenvalue weighted by Crippen LogP contribution is -2.77. The van der Waals surface area contributed by atoms with Gasteiger partial charge in [-0.15, -0.1) is 11.3 Å². The first-order chi connectivity index (χ1) is 5.92. The van der Waals surface area contributed by atoms with Crippen LogP contribution in [-0.4, -0.2) is 20.3 Å². The number of ether oxygens (including phenoxy) is 2. The molecule has 0 saturated heterocycles. The first kappa shape index (κ1) is 7.89. The van der Waals surface area contributed by atoms with Gasteiger partial charge in [0.15, 0.2) is 11.5 Å². The molecular formula is C8H12NO2S+. The fourth-order valence-electron chi connectivity index (χ4n) is 1.24. The van der Waals surface area contributed by atoms with Gasteiger partial charge in [-0.05, 0) is 0 Å². The van der Waals surface area contributed by atoms with E-state index in [2.05, 4.69) is 12.4 Å². The van der Waals surface area contributed by atoms with Crippen LogP contribution in [0.4, 0.5) is 0 Å². The number of thiophene rings is 1. The topological polar surface area (TPSA) is 35.1 Å². The largest absolute Gasteiger partial charge is 0.485 e. The van der Waals surface area contributed by atoms with Crippen molar-refractivity contribution < 1.29 is 14.8 Å². The molecule has 2 rings (SSSR count). The molecule has 2 N–H and O–H groups in total. The molecule has 0 bridgehead atoms. The second-order valence-corrected chi connectivity index (χ2v) is 3.63. The summed E-state index contributed by atoms with van der Waals surface area (Å²) >= 11 is 1.71. The van der Waals surface area contributed by atoms with Gasteiger partial charge in [0.2, 0.25) is 0 Å². The van der Waals surface area contributed by atoms with Crippen LogP contribution in [0.3, 0.4) is 0 Å². The molecule has 0 fully saturated rings. The molecule has 0 unspecified atom stereocenters. The van der Waals surface area contributed by atoms with E-state index in [4.69, 9.17) is 9.47 Å².